The summed E-state index contributed by atoms with van der Waals surface area (Å²) < 4.78 is 0. The van der Waals surface area contributed by atoms with Crippen molar-refractivity contribution in [1.82, 2.24) is 0 Å². The molecule has 0 radical (unpaired) electrons. The molecule has 0 aliphatic heterocycles. The molecular weight excluding hydrogens is 166 g/mol. The van der Waals surface area contributed by atoms with Crippen molar-refractivity contribution in [3.05, 3.63) is 29.3 Å². The molecule has 0 spiro atoms. The zero-order valence-corrected chi connectivity index (χ0v) is 7.91. The van der Waals surface area contributed by atoms with Gasteiger partial charge in [-0.25, -0.2) is 0 Å². The predicted octanol–water partition coefficient (Wildman–Crippen LogP) is 0.777. The highest BCUT2D eigenvalue weighted by atomic mass is 16.3. The number of benzene rings is 1. The maximum Gasteiger partial charge on any atom is 0.112 e. The van der Waals surface area contributed by atoms with Crippen LogP contribution in [-0.4, -0.2) is 16.8 Å². The van der Waals surface area contributed by atoms with Gasteiger partial charge in [-0.15, -0.1) is 0 Å². The molecule has 13 heavy (non-hydrogen) atoms. The normalized spacial score (nSPS) is 15.4. The van der Waals surface area contributed by atoms with E-state index in [0.29, 0.717) is 11.3 Å². The fourth-order valence-corrected chi connectivity index (χ4v) is 1.22. The first-order valence-electron chi connectivity index (χ1n) is 4.17. The van der Waals surface area contributed by atoms with Crippen LogP contribution in [0.15, 0.2) is 18.2 Å². The molecule has 1 aromatic carbocycles. The van der Waals surface area contributed by atoms with E-state index in [1.54, 1.807) is 12.1 Å². The highest BCUT2D eigenvalue weighted by Gasteiger charge is 2.24. The first-order chi connectivity index (χ1) is 5.97. The second kappa shape index (κ2) is 3.36. The Morgan fingerprint density at radius 1 is 1.46 bits per heavy atom. The van der Waals surface area contributed by atoms with Gasteiger partial charge in [0.15, 0.2) is 0 Å². The van der Waals surface area contributed by atoms with Gasteiger partial charge in [-0.2, -0.15) is 0 Å². The number of nitrogens with two attached hydrogens (primary N) is 1. The third kappa shape index (κ3) is 1.99. The Balaban J connectivity index is 3.20. The third-order valence-corrected chi connectivity index (χ3v) is 2.10. The van der Waals surface area contributed by atoms with E-state index in [1.807, 2.05) is 13.0 Å². The SMILES string of the molecule is Cc1ccc(N)c(C(C)(O)CO)c1. The van der Waals surface area contributed by atoms with Gasteiger partial charge >= 0.3 is 0 Å². The topological polar surface area (TPSA) is 66.5 Å². The molecule has 4 N–H and O–H groups in total. The van der Waals surface area contributed by atoms with Crippen LogP contribution >= 0.6 is 0 Å². The minimum atomic E-state index is -1.25. The van der Waals surface area contributed by atoms with Crippen LogP contribution in [0, 0.1) is 6.92 Å². The highest BCUT2D eigenvalue weighted by Crippen LogP contribution is 2.26. The van der Waals surface area contributed by atoms with Crippen molar-refractivity contribution in [2.75, 3.05) is 12.3 Å². The monoisotopic (exact) mass is 181 g/mol. The molecule has 1 aromatic rings. The fourth-order valence-electron chi connectivity index (χ4n) is 1.22. The number of aryl methyl sites for hydroxylation is 1. The lowest BCUT2D eigenvalue weighted by Gasteiger charge is -2.23. The largest absolute Gasteiger partial charge is 0.398 e. The van der Waals surface area contributed by atoms with Gasteiger partial charge in [0.1, 0.15) is 5.60 Å². The maximum absolute atomic E-state index is 9.77. The summed E-state index contributed by atoms with van der Waals surface area (Å²) in [5.74, 6) is 0. The van der Waals surface area contributed by atoms with Gasteiger partial charge in [-0.3, -0.25) is 0 Å². The quantitative estimate of drug-likeness (QED) is 0.590. The van der Waals surface area contributed by atoms with E-state index < -0.39 is 5.60 Å². The average Bonchev–Trinajstić information content (AvgIpc) is 2.09. The Labute approximate surface area is 77.8 Å². The Hall–Kier alpha value is -1.06. The second-order valence-corrected chi connectivity index (χ2v) is 3.52. The number of anilines is 1. The van der Waals surface area contributed by atoms with E-state index in [1.165, 1.54) is 6.92 Å². The summed E-state index contributed by atoms with van der Waals surface area (Å²) in [6, 6.07) is 5.38. The molecular formula is C10H15NO2. The molecule has 0 aromatic heterocycles. The Morgan fingerprint density at radius 2 is 2.08 bits per heavy atom. The van der Waals surface area contributed by atoms with Crippen LogP contribution in [0.4, 0.5) is 5.69 Å². The molecule has 0 aliphatic carbocycles. The zero-order chi connectivity index (χ0) is 10.1. The summed E-state index contributed by atoms with van der Waals surface area (Å²) in [4.78, 5) is 0. The number of rotatable bonds is 2. The Kier molecular flexibility index (Phi) is 2.59. The van der Waals surface area contributed by atoms with Crippen molar-refractivity contribution >= 4 is 5.69 Å². The summed E-state index contributed by atoms with van der Waals surface area (Å²) in [6.07, 6.45) is 0. The summed E-state index contributed by atoms with van der Waals surface area (Å²) in [7, 11) is 0. The Bertz CT molecular complexity index is 308. The Morgan fingerprint density at radius 3 is 2.62 bits per heavy atom. The molecule has 0 aliphatic rings. The summed E-state index contributed by atoms with van der Waals surface area (Å²) in [6.45, 7) is 3.12. The van der Waals surface area contributed by atoms with Crippen molar-refractivity contribution in [3.8, 4) is 0 Å². The molecule has 0 saturated carbocycles. The lowest BCUT2D eigenvalue weighted by Crippen LogP contribution is -2.27. The van der Waals surface area contributed by atoms with Crippen molar-refractivity contribution in [1.29, 1.82) is 0 Å². The fraction of sp³-hybridized carbons (Fsp3) is 0.400. The van der Waals surface area contributed by atoms with E-state index in [-0.39, 0.29) is 6.61 Å². The first-order valence-corrected chi connectivity index (χ1v) is 4.17. The number of aliphatic hydroxyl groups excluding tert-OH is 1. The predicted molar refractivity (Wildman–Crippen MR) is 52.2 cm³/mol. The molecule has 3 nitrogen and oxygen atoms in total. The van der Waals surface area contributed by atoms with Gasteiger partial charge in [0.05, 0.1) is 6.61 Å². The zero-order valence-electron chi connectivity index (χ0n) is 7.91. The average molecular weight is 181 g/mol. The molecule has 1 rings (SSSR count). The molecule has 0 bridgehead atoms. The minimum Gasteiger partial charge on any atom is -0.398 e. The van der Waals surface area contributed by atoms with Gasteiger partial charge in [-0.05, 0) is 19.9 Å². The van der Waals surface area contributed by atoms with Gasteiger partial charge in [0, 0.05) is 11.3 Å². The van der Waals surface area contributed by atoms with E-state index in [9.17, 15) is 5.11 Å². The molecule has 1 atom stereocenters. The first kappa shape index (κ1) is 10.0. The van der Waals surface area contributed by atoms with Gasteiger partial charge < -0.3 is 15.9 Å². The molecule has 0 saturated heterocycles. The molecule has 72 valence electrons. The number of hydrogen-bond donors (Lipinski definition) is 3. The smallest absolute Gasteiger partial charge is 0.112 e. The number of aliphatic hydroxyl groups is 2. The van der Waals surface area contributed by atoms with Crippen LogP contribution < -0.4 is 5.73 Å². The van der Waals surface area contributed by atoms with Crippen LogP contribution in [0.2, 0.25) is 0 Å². The minimum absolute atomic E-state index is 0.333. The van der Waals surface area contributed by atoms with Gasteiger partial charge in [-0.1, -0.05) is 17.7 Å². The van der Waals surface area contributed by atoms with Crippen molar-refractivity contribution in [2.45, 2.75) is 19.4 Å². The molecule has 0 amide bonds. The van der Waals surface area contributed by atoms with Crippen molar-refractivity contribution in [2.24, 2.45) is 0 Å². The summed E-state index contributed by atoms with van der Waals surface area (Å²) in [5, 5.41) is 18.7. The summed E-state index contributed by atoms with van der Waals surface area (Å²) in [5.41, 5.74) is 6.52. The van der Waals surface area contributed by atoms with Crippen LogP contribution in [0.5, 0.6) is 0 Å². The standard InChI is InChI=1S/C10H15NO2/c1-7-3-4-9(11)8(5-7)10(2,13)6-12/h3-5,12-13H,6,11H2,1-2H3. The van der Waals surface area contributed by atoms with E-state index in [0.717, 1.165) is 5.56 Å². The second-order valence-electron chi connectivity index (χ2n) is 3.52. The lowest BCUT2D eigenvalue weighted by molar-refractivity contribution is -0.00169. The molecule has 3 heteroatoms. The van der Waals surface area contributed by atoms with Crippen molar-refractivity contribution < 1.29 is 10.2 Å². The highest BCUT2D eigenvalue weighted by molar-refractivity contribution is 5.51. The third-order valence-electron chi connectivity index (χ3n) is 2.10. The van der Waals surface area contributed by atoms with E-state index in [4.69, 9.17) is 10.8 Å². The number of hydrogen-bond acceptors (Lipinski definition) is 3. The van der Waals surface area contributed by atoms with Crippen LogP contribution in [0.25, 0.3) is 0 Å². The van der Waals surface area contributed by atoms with Crippen LogP contribution in [0.3, 0.4) is 0 Å². The molecule has 1 unspecified atom stereocenters. The lowest BCUT2D eigenvalue weighted by atomic mass is 9.94. The number of nitrogen functional groups attached to an aromatic ring is 1. The maximum atomic E-state index is 9.77. The van der Waals surface area contributed by atoms with E-state index >= 15 is 0 Å². The van der Waals surface area contributed by atoms with E-state index in [2.05, 4.69) is 0 Å². The van der Waals surface area contributed by atoms with Crippen LogP contribution in [-0.2, 0) is 5.60 Å². The van der Waals surface area contributed by atoms with Crippen LogP contribution in [0.1, 0.15) is 18.1 Å². The van der Waals surface area contributed by atoms with Gasteiger partial charge in [0.25, 0.3) is 0 Å². The summed E-state index contributed by atoms with van der Waals surface area (Å²) >= 11 is 0. The van der Waals surface area contributed by atoms with Crippen molar-refractivity contribution in [3.63, 3.8) is 0 Å². The molecule has 0 fully saturated rings. The van der Waals surface area contributed by atoms with Gasteiger partial charge in [0.2, 0.25) is 0 Å². The molecule has 0 heterocycles.